The molecule has 1 aliphatic heterocycles. The molecular formula is C27H27BrClN3O3. The van der Waals surface area contributed by atoms with Crippen LogP contribution in [0.1, 0.15) is 17.5 Å². The molecule has 6 nitrogen and oxygen atoms in total. The lowest BCUT2D eigenvalue weighted by molar-refractivity contribution is -0.384. The monoisotopic (exact) mass is 555 g/mol. The van der Waals surface area contributed by atoms with Crippen molar-refractivity contribution in [3.8, 4) is 5.75 Å². The van der Waals surface area contributed by atoms with Gasteiger partial charge in [-0.05, 0) is 36.2 Å². The number of anilines is 1. The highest BCUT2D eigenvalue weighted by atomic mass is 79.9. The van der Waals surface area contributed by atoms with Crippen molar-refractivity contribution >= 4 is 51.1 Å². The number of para-hydroxylation sites is 1. The molecule has 3 aromatic rings. The lowest BCUT2D eigenvalue weighted by Crippen LogP contribution is -2.46. The van der Waals surface area contributed by atoms with Gasteiger partial charge in [-0.3, -0.25) is 15.0 Å². The lowest BCUT2D eigenvalue weighted by Gasteiger charge is -2.36. The first-order chi connectivity index (χ1) is 17.0. The quantitative estimate of drug-likeness (QED) is 0.126. The Hall–Kier alpha value is -2.87. The van der Waals surface area contributed by atoms with E-state index in [4.69, 9.17) is 16.3 Å². The Labute approximate surface area is 219 Å². The average molecular weight is 557 g/mol. The van der Waals surface area contributed by atoms with Gasteiger partial charge in [0.1, 0.15) is 5.75 Å². The smallest absolute Gasteiger partial charge is 0.270 e. The van der Waals surface area contributed by atoms with Crippen molar-refractivity contribution in [2.24, 2.45) is 0 Å². The molecule has 1 aliphatic rings. The minimum atomic E-state index is -0.387. The molecular weight excluding hydrogens is 530 g/mol. The maximum absolute atomic E-state index is 11.3. The molecule has 0 radical (unpaired) electrons. The summed E-state index contributed by atoms with van der Waals surface area (Å²) in [5, 5.41) is 12.1. The predicted molar refractivity (Wildman–Crippen MR) is 146 cm³/mol. The fraction of sp³-hybridized carbons (Fsp3) is 0.259. The third-order valence-corrected chi connectivity index (χ3v) is 7.04. The maximum Gasteiger partial charge on any atom is 0.270 e. The zero-order valence-electron chi connectivity index (χ0n) is 19.3. The number of ether oxygens (including phenoxy) is 1. The highest BCUT2D eigenvalue weighted by molar-refractivity contribution is 9.10. The van der Waals surface area contributed by atoms with E-state index in [0.29, 0.717) is 17.9 Å². The molecule has 182 valence electrons. The molecule has 0 spiro atoms. The van der Waals surface area contributed by atoms with Gasteiger partial charge >= 0.3 is 0 Å². The first-order valence-corrected chi connectivity index (χ1v) is 12.7. The molecule has 0 amide bonds. The minimum absolute atomic E-state index is 0.0421. The van der Waals surface area contributed by atoms with Crippen LogP contribution in [0.5, 0.6) is 5.75 Å². The van der Waals surface area contributed by atoms with Gasteiger partial charge in [0, 0.05) is 54.9 Å². The van der Waals surface area contributed by atoms with Crippen LogP contribution >= 0.6 is 27.5 Å². The number of hydrogen-bond donors (Lipinski definition) is 0. The minimum Gasteiger partial charge on any atom is -0.493 e. The summed E-state index contributed by atoms with van der Waals surface area (Å²) >= 11 is 9.87. The van der Waals surface area contributed by atoms with E-state index in [1.165, 1.54) is 6.07 Å². The molecule has 0 saturated carbocycles. The standard InChI is InChI=1S/C27H27BrClN3O3/c28-24-7-2-1-6-21(24)10-11-22-20-23(32(33)34)12-13-27(22)35-19-5-14-30-15-17-31(18-16-30)26-9-4-3-8-25(26)29/h1-4,6-13,20H,5,14-19H2/b11-10+. The SMILES string of the molecule is O=[N+]([O-])c1ccc(OCCCN2CCN(c3ccccc3Cl)CC2)c(/C=C/c2ccccc2Br)c1. The van der Waals surface area contributed by atoms with E-state index in [1.807, 2.05) is 54.6 Å². The molecule has 35 heavy (non-hydrogen) atoms. The number of piperazine rings is 1. The summed E-state index contributed by atoms with van der Waals surface area (Å²) in [7, 11) is 0. The summed E-state index contributed by atoms with van der Waals surface area (Å²) in [5.74, 6) is 0.641. The van der Waals surface area contributed by atoms with Crippen molar-refractivity contribution in [1.29, 1.82) is 0 Å². The van der Waals surface area contributed by atoms with Crippen molar-refractivity contribution in [2.75, 3.05) is 44.2 Å². The van der Waals surface area contributed by atoms with Crippen LogP contribution in [0, 0.1) is 10.1 Å². The van der Waals surface area contributed by atoms with Gasteiger partial charge < -0.3 is 9.64 Å². The van der Waals surface area contributed by atoms with Crippen molar-refractivity contribution < 1.29 is 9.66 Å². The summed E-state index contributed by atoms with van der Waals surface area (Å²) < 4.78 is 7.00. The molecule has 0 unspecified atom stereocenters. The molecule has 0 atom stereocenters. The first kappa shape index (κ1) is 25.2. The largest absolute Gasteiger partial charge is 0.493 e. The van der Waals surface area contributed by atoms with E-state index in [1.54, 1.807) is 12.1 Å². The van der Waals surface area contributed by atoms with Crippen LogP contribution in [0.25, 0.3) is 12.2 Å². The first-order valence-electron chi connectivity index (χ1n) is 11.6. The van der Waals surface area contributed by atoms with Crippen LogP contribution in [0.3, 0.4) is 0 Å². The van der Waals surface area contributed by atoms with Crippen LogP contribution in [0.2, 0.25) is 5.02 Å². The number of nitro benzene ring substituents is 1. The van der Waals surface area contributed by atoms with Gasteiger partial charge in [0.05, 0.1) is 22.2 Å². The van der Waals surface area contributed by atoms with E-state index in [0.717, 1.165) is 59.9 Å². The zero-order valence-corrected chi connectivity index (χ0v) is 21.6. The molecule has 1 fully saturated rings. The third kappa shape index (κ3) is 6.84. The number of halogens is 2. The molecule has 8 heteroatoms. The van der Waals surface area contributed by atoms with Gasteiger partial charge in [-0.25, -0.2) is 0 Å². The Kier molecular flexibility index (Phi) is 8.79. The van der Waals surface area contributed by atoms with E-state index >= 15 is 0 Å². The normalized spacial score (nSPS) is 14.4. The Bertz CT molecular complexity index is 1200. The van der Waals surface area contributed by atoms with E-state index in [9.17, 15) is 10.1 Å². The van der Waals surface area contributed by atoms with Gasteiger partial charge in [0.15, 0.2) is 0 Å². The van der Waals surface area contributed by atoms with Gasteiger partial charge in [-0.1, -0.05) is 70.0 Å². The van der Waals surface area contributed by atoms with Gasteiger partial charge in [-0.2, -0.15) is 0 Å². The lowest BCUT2D eigenvalue weighted by atomic mass is 10.1. The molecule has 4 rings (SSSR count). The number of nitrogens with zero attached hydrogens (tertiary/aromatic N) is 3. The highest BCUT2D eigenvalue weighted by Gasteiger charge is 2.18. The van der Waals surface area contributed by atoms with E-state index in [2.05, 4.69) is 31.8 Å². The second kappa shape index (κ2) is 12.2. The summed E-state index contributed by atoms with van der Waals surface area (Å²) in [6.07, 6.45) is 4.65. The molecule has 0 aromatic heterocycles. The number of nitro groups is 1. The molecule has 1 saturated heterocycles. The van der Waals surface area contributed by atoms with Gasteiger partial charge in [0.25, 0.3) is 5.69 Å². The Morgan fingerprint density at radius 1 is 0.971 bits per heavy atom. The van der Waals surface area contributed by atoms with Crippen molar-refractivity contribution in [3.63, 3.8) is 0 Å². The highest BCUT2D eigenvalue weighted by Crippen LogP contribution is 2.28. The second-order valence-corrected chi connectivity index (χ2v) is 9.58. The second-order valence-electron chi connectivity index (χ2n) is 8.32. The topological polar surface area (TPSA) is 58.9 Å². The summed E-state index contributed by atoms with van der Waals surface area (Å²) in [6.45, 7) is 5.31. The molecule has 1 heterocycles. The number of hydrogen-bond acceptors (Lipinski definition) is 5. The van der Waals surface area contributed by atoms with Crippen LogP contribution < -0.4 is 9.64 Å². The Morgan fingerprint density at radius 3 is 2.43 bits per heavy atom. The fourth-order valence-electron chi connectivity index (χ4n) is 4.09. The zero-order chi connectivity index (χ0) is 24.6. The maximum atomic E-state index is 11.3. The summed E-state index contributed by atoms with van der Waals surface area (Å²) in [6, 6.07) is 20.5. The van der Waals surface area contributed by atoms with Crippen LogP contribution in [0.15, 0.2) is 71.2 Å². The van der Waals surface area contributed by atoms with Gasteiger partial charge in [-0.15, -0.1) is 0 Å². The number of rotatable bonds is 9. The number of non-ortho nitro benzene ring substituents is 1. The summed E-state index contributed by atoms with van der Waals surface area (Å²) in [4.78, 5) is 15.7. The van der Waals surface area contributed by atoms with Crippen LogP contribution in [-0.4, -0.2) is 49.2 Å². The van der Waals surface area contributed by atoms with Crippen molar-refractivity contribution in [1.82, 2.24) is 4.90 Å². The third-order valence-electron chi connectivity index (χ3n) is 5.99. The molecule has 3 aromatic carbocycles. The van der Waals surface area contributed by atoms with E-state index in [-0.39, 0.29) is 10.6 Å². The summed E-state index contributed by atoms with van der Waals surface area (Å²) in [5.41, 5.74) is 2.81. The Morgan fingerprint density at radius 2 is 1.69 bits per heavy atom. The number of benzene rings is 3. The van der Waals surface area contributed by atoms with Gasteiger partial charge in [0.2, 0.25) is 0 Å². The molecule has 0 bridgehead atoms. The van der Waals surface area contributed by atoms with Crippen molar-refractivity contribution in [3.05, 3.63) is 97.5 Å². The predicted octanol–water partition coefficient (Wildman–Crippen LogP) is 6.77. The van der Waals surface area contributed by atoms with Crippen LogP contribution in [0.4, 0.5) is 11.4 Å². The Balaban J connectivity index is 1.31. The molecule has 0 aliphatic carbocycles. The van der Waals surface area contributed by atoms with Crippen molar-refractivity contribution in [2.45, 2.75) is 6.42 Å². The molecule has 0 N–H and O–H groups in total. The average Bonchev–Trinajstić information content (AvgIpc) is 2.87. The van der Waals surface area contributed by atoms with Crippen LogP contribution in [-0.2, 0) is 0 Å². The fourth-order valence-corrected chi connectivity index (χ4v) is 4.76. The van der Waals surface area contributed by atoms with E-state index < -0.39 is 0 Å².